The lowest BCUT2D eigenvalue weighted by atomic mass is 9.96. The van der Waals surface area contributed by atoms with Crippen LogP contribution >= 0.6 is 0 Å². The van der Waals surface area contributed by atoms with Crippen molar-refractivity contribution in [2.24, 2.45) is 5.41 Å². The van der Waals surface area contributed by atoms with Gasteiger partial charge in [-0.2, -0.15) is 8.78 Å². The summed E-state index contributed by atoms with van der Waals surface area (Å²) in [7, 11) is 0. The second kappa shape index (κ2) is 8.45. The number of hydrogen-bond acceptors (Lipinski definition) is 3. The van der Waals surface area contributed by atoms with Crippen molar-refractivity contribution in [2.75, 3.05) is 13.1 Å². The van der Waals surface area contributed by atoms with Crippen molar-refractivity contribution in [1.29, 1.82) is 0 Å². The Kier molecular flexibility index (Phi) is 6.93. The maximum absolute atomic E-state index is 12.0. The minimum atomic E-state index is -2.84. The van der Waals surface area contributed by atoms with Gasteiger partial charge in [-0.3, -0.25) is 9.59 Å². The Balaban J connectivity index is 2.28. The van der Waals surface area contributed by atoms with E-state index in [-0.39, 0.29) is 24.1 Å². The number of rotatable bonds is 7. The first-order chi connectivity index (χ1) is 10.7. The molecule has 5 nitrogen and oxygen atoms in total. The fourth-order valence-electron chi connectivity index (χ4n) is 1.67. The Morgan fingerprint density at radius 3 is 2.26 bits per heavy atom. The summed E-state index contributed by atoms with van der Waals surface area (Å²) in [5.41, 5.74) is 0.341. The highest BCUT2D eigenvalue weighted by Gasteiger charge is 2.21. The van der Waals surface area contributed by atoms with Gasteiger partial charge in [0.05, 0.1) is 6.54 Å². The SMILES string of the molecule is CC(C)(C)C(=O)NCC(=O)NCCc1ccc(OC(F)F)cc1. The number of ether oxygens (including phenoxy) is 1. The summed E-state index contributed by atoms with van der Waals surface area (Å²) in [6, 6.07) is 6.22. The molecule has 0 heterocycles. The highest BCUT2D eigenvalue weighted by atomic mass is 19.3. The van der Waals surface area contributed by atoms with Crippen LogP contribution in [0, 0.1) is 5.41 Å². The minimum absolute atomic E-state index is 0.0722. The molecule has 0 aromatic heterocycles. The van der Waals surface area contributed by atoms with Crippen LogP contribution in [-0.2, 0) is 16.0 Å². The number of alkyl halides is 2. The van der Waals surface area contributed by atoms with Crippen molar-refractivity contribution in [3.8, 4) is 5.75 Å². The van der Waals surface area contributed by atoms with Gasteiger partial charge in [-0.1, -0.05) is 32.9 Å². The number of carbonyl (C=O) groups excluding carboxylic acids is 2. The fourth-order valence-corrected chi connectivity index (χ4v) is 1.67. The molecule has 1 rings (SSSR count). The average molecular weight is 328 g/mol. The smallest absolute Gasteiger partial charge is 0.387 e. The third-order valence-corrected chi connectivity index (χ3v) is 2.98. The highest BCUT2D eigenvalue weighted by Crippen LogP contribution is 2.15. The number of benzene rings is 1. The van der Waals surface area contributed by atoms with Crippen LogP contribution in [0.25, 0.3) is 0 Å². The Labute approximate surface area is 134 Å². The molecule has 0 aliphatic carbocycles. The van der Waals surface area contributed by atoms with E-state index in [2.05, 4.69) is 15.4 Å². The van der Waals surface area contributed by atoms with Gasteiger partial charge in [0, 0.05) is 12.0 Å². The molecule has 1 aromatic carbocycles. The molecule has 0 saturated heterocycles. The lowest BCUT2D eigenvalue weighted by molar-refractivity contribution is -0.131. The Morgan fingerprint density at radius 1 is 1.13 bits per heavy atom. The molecule has 0 atom stereocenters. The van der Waals surface area contributed by atoms with Crippen molar-refractivity contribution in [1.82, 2.24) is 10.6 Å². The van der Waals surface area contributed by atoms with Crippen molar-refractivity contribution in [3.05, 3.63) is 29.8 Å². The van der Waals surface area contributed by atoms with Crippen molar-refractivity contribution in [3.63, 3.8) is 0 Å². The van der Waals surface area contributed by atoms with Gasteiger partial charge in [-0.15, -0.1) is 0 Å². The third-order valence-electron chi connectivity index (χ3n) is 2.98. The van der Waals surface area contributed by atoms with Gasteiger partial charge in [0.25, 0.3) is 0 Å². The number of hydrogen-bond donors (Lipinski definition) is 2. The molecular formula is C16H22F2N2O3. The van der Waals surface area contributed by atoms with E-state index >= 15 is 0 Å². The van der Waals surface area contributed by atoms with E-state index in [1.54, 1.807) is 32.9 Å². The number of nitrogens with one attached hydrogen (secondary N) is 2. The molecular weight excluding hydrogens is 306 g/mol. The molecule has 1 aromatic rings. The normalized spacial score (nSPS) is 11.2. The molecule has 2 amide bonds. The standard InChI is InChI=1S/C16H22F2N2O3/c1-16(2,3)14(22)20-10-13(21)19-9-8-11-4-6-12(7-5-11)23-15(17)18/h4-7,15H,8-10H2,1-3H3,(H,19,21)(H,20,22). The quantitative estimate of drug-likeness (QED) is 0.805. The fraction of sp³-hybridized carbons (Fsp3) is 0.500. The second-order valence-electron chi connectivity index (χ2n) is 6.06. The zero-order chi connectivity index (χ0) is 17.5. The van der Waals surface area contributed by atoms with Gasteiger partial charge in [0.2, 0.25) is 11.8 Å². The molecule has 7 heteroatoms. The van der Waals surface area contributed by atoms with Crippen LogP contribution < -0.4 is 15.4 Å². The van der Waals surface area contributed by atoms with Crippen LogP contribution in [-0.4, -0.2) is 31.5 Å². The average Bonchev–Trinajstić information content (AvgIpc) is 2.45. The van der Waals surface area contributed by atoms with Gasteiger partial charge in [-0.05, 0) is 24.1 Å². The van der Waals surface area contributed by atoms with E-state index in [0.717, 1.165) is 5.56 Å². The molecule has 128 valence electrons. The number of halogens is 2. The molecule has 0 saturated carbocycles. The molecule has 0 aliphatic rings. The number of amides is 2. The maximum Gasteiger partial charge on any atom is 0.387 e. The minimum Gasteiger partial charge on any atom is -0.435 e. The van der Waals surface area contributed by atoms with Gasteiger partial charge in [0.15, 0.2) is 0 Å². The first kappa shape index (κ1) is 18.9. The van der Waals surface area contributed by atoms with Crippen LogP contribution in [0.3, 0.4) is 0 Å². The van der Waals surface area contributed by atoms with Crippen molar-refractivity contribution >= 4 is 11.8 Å². The molecule has 0 fully saturated rings. The third kappa shape index (κ3) is 7.58. The number of carbonyl (C=O) groups is 2. The molecule has 23 heavy (non-hydrogen) atoms. The van der Waals surface area contributed by atoms with Crippen LogP contribution in [0.4, 0.5) is 8.78 Å². The molecule has 2 N–H and O–H groups in total. The summed E-state index contributed by atoms with van der Waals surface area (Å²) >= 11 is 0. The van der Waals surface area contributed by atoms with Crippen molar-refractivity contribution in [2.45, 2.75) is 33.8 Å². The zero-order valence-electron chi connectivity index (χ0n) is 13.5. The van der Waals surface area contributed by atoms with E-state index < -0.39 is 12.0 Å². The summed E-state index contributed by atoms with van der Waals surface area (Å²) in [4.78, 5) is 23.2. The summed E-state index contributed by atoms with van der Waals surface area (Å²) in [5, 5.41) is 5.24. The van der Waals surface area contributed by atoms with Crippen LogP contribution in [0.2, 0.25) is 0 Å². The molecule has 0 spiro atoms. The summed E-state index contributed by atoms with van der Waals surface area (Å²) in [5.74, 6) is -0.375. The van der Waals surface area contributed by atoms with Crippen LogP contribution in [0.1, 0.15) is 26.3 Å². The Morgan fingerprint density at radius 2 is 1.74 bits per heavy atom. The van der Waals surface area contributed by atoms with Crippen LogP contribution in [0.5, 0.6) is 5.75 Å². The van der Waals surface area contributed by atoms with E-state index in [1.165, 1.54) is 12.1 Å². The highest BCUT2D eigenvalue weighted by molar-refractivity contribution is 5.87. The van der Waals surface area contributed by atoms with Gasteiger partial charge < -0.3 is 15.4 Å². The van der Waals surface area contributed by atoms with Crippen LogP contribution in [0.15, 0.2) is 24.3 Å². The predicted octanol–water partition coefficient (Wildman–Crippen LogP) is 2.11. The Hall–Kier alpha value is -2.18. The van der Waals surface area contributed by atoms with E-state index in [1.807, 2.05) is 0 Å². The predicted molar refractivity (Wildman–Crippen MR) is 82.3 cm³/mol. The lowest BCUT2D eigenvalue weighted by Crippen LogP contribution is -2.42. The van der Waals surface area contributed by atoms with Gasteiger partial charge >= 0.3 is 6.61 Å². The topological polar surface area (TPSA) is 67.4 Å². The maximum atomic E-state index is 12.0. The molecule has 0 radical (unpaired) electrons. The second-order valence-corrected chi connectivity index (χ2v) is 6.06. The monoisotopic (exact) mass is 328 g/mol. The lowest BCUT2D eigenvalue weighted by Gasteiger charge is -2.17. The summed E-state index contributed by atoms with van der Waals surface area (Å²) in [6.45, 7) is 2.77. The Bertz CT molecular complexity index is 525. The van der Waals surface area contributed by atoms with E-state index in [9.17, 15) is 18.4 Å². The van der Waals surface area contributed by atoms with E-state index in [0.29, 0.717) is 13.0 Å². The molecule has 0 bridgehead atoms. The van der Waals surface area contributed by atoms with Crippen molar-refractivity contribution < 1.29 is 23.1 Å². The summed E-state index contributed by atoms with van der Waals surface area (Å²) < 4.78 is 28.3. The molecule has 0 unspecified atom stereocenters. The summed E-state index contributed by atoms with van der Waals surface area (Å²) in [6.07, 6.45) is 0.550. The first-order valence-corrected chi connectivity index (χ1v) is 7.27. The van der Waals surface area contributed by atoms with Gasteiger partial charge in [0.1, 0.15) is 5.75 Å². The van der Waals surface area contributed by atoms with Gasteiger partial charge in [-0.25, -0.2) is 0 Å². The first-order valence-electron chi connectivity index (χ1n) is 7.27. The molecule has 0 aliphatic heterocycles. The zero-order valence-corrected chi connectivity index (χ0v) is 13.5. The largest absolute Gasteiger partial charge is 0.435 e. The van der Waals surface area contributed by atoms with E-state index in [4.69, 9.17) is 0 Å².